The molecule has 2 unspecified atom stereocenters. The number of carbonyl (C=O) groups is 2. The van der Waals surface area contributed by atoms with Crippen molar-refractivity contribution >= 4 is 60.2 Å². The van der Waals surface area contributed by atoms with Gasteiger partial charge in [0.25, 0.3) is 0 Å². The van der Waals surface area contributed by atoms with Crippen molar-refractivity contribution in [3.05, 3.63) is 24.3 Å². The van der Waals surface area contributed by atoms with Crippen LogP contribution in [-0.4, -0.2) is 46.5 Å². The molecular formula is C48H91O4S2Sb. The molecule has 0 spiro atoms. The number of unbranched alkanes of at least 4 members (excludes halogenated alkanes) is 25. The Morgan fingerprint density at radius 3 is 0.927 bits per heavy atom. The number of thiol groups is 2. The summed E-state index contributed by atoms with van der Waals surface area (Å²) in [7, 11) is 0. The van der Waals surface area contributed by atoms with Gasteiger partial charge in [0.05, 0.1) is 0 Å². The van der Waals surface area contributed by atoms with Gasteiger partial charge in [-0.25, -0.2) is 0 Å². The summed E-state index contributed by atoms with van der Waals surface area (Å²) in [5.74, 6) is -1.16. The van der Waals surface area contributed by atoms with E-state index >= 15 is 0 Å². The molecule has 0 saturated heterocycles. The van der Waals surface area contributed by atoms with Gasteiger partial charge < -0.3 is 19.8 Å². The summed E-state index contributed by atoms with van der Waals surface area (Å²) in [6.07, 6.45) is 50.9. The molecule has 0 saturated carbocycles. The van der Waals surface area contributed by atoms with Crippen molar-refractivity contribution in [1.29, 1.82) is 0 Å². The predicted molar refractivity (Wildman–Crippen MR) is 248 cm³/mol. The monoisotopic (exact) mass is 917 g/mol. The van der Waals surface area contributed by atoms with E-state index in [4.69, 9.17) is 0 Å². The zero-order valence-corrected chi connectivity index (χ0v) is 40.9. The van der Waals surface area contributed by atoms with Crippen LogP contribution in [0.15, 0.2) is 24.3 Å². The van der Waals surface area contributed by atoms with Gasteiger partial charge in [0.1, 0.15) is 0 Å². The Morgan fingerprint density at radius 1 is 0.418 bits per heavy atom. The summed E-state index contributed by atoms with van der Waals surface area (Å²) in [6.45, 7) is 6.78. The Kier molecular flexibility index (Phi) is 58.1. The summed E-state index contributed by atoms with van der Waals surface area (Å²) in [5.41, 5.74) is 0. The maximum absolute atomic E-state index is 10.9. The molecule has 0 aromatic heterocycles. The topological polar surface area (TPSA) is 80.3 Å². The van der Waals surface area contributed by atoms with Crippen molar-refractivity contribution in [2.24, 2.45) is 11.8 Å². The van der Waals surface area contributed by atoms with Crippen LogP contribution >= 0.6 is 25.3 Å². The predicted octanol–water partition coefficient (Wildman–Crippen LogP) is 13.6. The summed E-state index contributed by atoms with van der Waals surface area (Å²) >= 11 is 10.2. The molecule has 0 amide bonds. The molecule has 2 atom stereocenters. The number of rotatable bonds is 40. The molecule has 0 fully saturated rings. The Morgan fingerprint density at radius 2 is 0.673 bits per heavy atom. The van der Waals surface area contributed by atoms with Crippen LogP contribution in [0.2, 0.25) is 4.37 Å². The second-order valence-electron chi connectivity index (χ2n) is 15.6. The quantitative estimate of drug-likeness (QED) is 0.0278. The molecule has 0 bridgehead atoms. The number of hydrogen-bond donors (Lipinski definition) is 2. The second-order valence-corrected chi connectivity index (χ2v) is 17.8. The van der Waals surface area contributed by atoms with E-state index in [-0.39, 0.29) is 11.8 Å². The SMILES string of the molecule is CCCCCCCCC=CCCCCCCC(CCS)C(=O)[O-].CCCCCCCCC=CCCCCCCC(CCS)C(=O)[O-].CCCCCCC[CH2][Sb+2]. The fourth-order valence-electron chi connectivity index (χ4n) is 6.53. The third kappa shape index (κ3) is 53.9. The van der Waals surface area contributed by atoms with E-state index in [1.165, 1.54) is 158 Å². The minimum atomic E-state index is -0.906. The summed E-state index contributed by atoms with van der Waals surface area (Å²) < 4.78 is 1.42. The standard InChI is InChI=1S/2C20H38O2S.C8H17.Sb/c2*1-2-3-4-5-6-7-8-9-10-11-12-13-14-15-16-19(17-18-23)20(21)22;1-3-5-7-8-6-4-2;/h2*9-10,19,23H,2-8,11-18H2,1H3,(H,21,22);1,3-8H2,2H3;/q;;;+2/p-2. The Labute approximate surface area is 368 Å². The second kappa shape index (κ2) is 53.9. The summed E-state index contributed by atoms with van der Waals surface area (Å²) in [4.78, 5) is 21.8. The van der Waals surface area contributed by atoms with E-state index in [1.54, 1.807) is 0 Å². The van der Waals surface area contributed by atoms with Gasteiger partial charge in [0.15, 0.2) is 0 Å². The number of aliphatic carboxylic acids is 2. The Bertz CT molecular complexity index is 743. The van der Waals surface area contributed by atoms with Crippen LogP contribution < -0.4 is 10.2 Å². The van der Waals surface area contributed by atoms with Gasteiger partial charge in [-0.3, -0.25) is 0 Å². The van der Waals surface area contributed by atoms with E-state index < -0.39 is 11.9 Å². The van der Waals surface area contributed by atoms with Crippen LogP contribution in [0.4, 0.5) is 0 Å². The zero-order valence-electron chi connectivity index (χ0n) is 36.6. The first-order valence-electron chi connectivity index (χ1n) is 23.4. The van der Waals surface area contributed by atoms with Crippen molar-refractivity contribution in [2.75, 3.05) is 11.5 Å². The van der Waals surface area contributed by atoms with E-state index in [0.29, 0.717) is 24.3 Å². The summed E-state index contributed by atoms with van der Waals surface area (Å²) in [5, 5.41) is 21.8. The Balaban J connectivity index is -0.000000805. The Hall–Kier alpha value is -0.0618. The van der Waals surface area contributed by atoms with Crippen molar-refractivity contribution in [3.63, 3.8) is 0 Å². The van der Waals surface area contributed by atoms with Crippen LogP contribution in [0.5, 0.6) is 0 Å². The molecule has 0 N–H and O–H groups in total. The average Bonchev–Trinajstić information content (AvgIpc) is 3.17. The van der Waals surface area contributed by atoms with Gasteiger partial charge in [-0.2, -0.15) is 25.3 Å². The fourth-order valence-corrected chi connectivity index (χ4v) is 7.79. The van der Waals surface area contributed by atoms with Crippen molar-refractivity contribution in [3.8, 4) is 0 Å². The molecule has 324 valence electrons. The first kappa shape index (κ1) is 59.3. The molecule has 0 rings (SSSR count). The van der Waals surface area contributed by atoms with Crippen molar-refractivity contribution < 1.29 is 19.8 Å². The van der Waals surface area contributed by atoms with E-state index in [9.17, 15) is 19.8 Å². The number of carbonyl (C=O) groups excluding carboxylic acids is 2. The normalized spacial score (nSPS) is 12.3. The van der Waals surface area contributed by atoms with Gasteiger partial charge in [0.2, 0.25) is 0 Å². The van der Waals surface area contributed by atoms with E-state index in [2.05, 4.69) is 70.3 Å². The first-order valence-corrected chi connectivity index (χ1v) is 26.5. The van der Waals surface area contributed by atoms with Crippen LogP contribution in [0.3, 0.4) is 0 Å². The van der Waals surface area contributed by atoms with Crippen LogP contribution in [0.25, 0.3) is 0 Å². The molecule has 2 radical (unpaired) electrons. The molecule has 0 aliphatic rings. The average molecular weight is 918 g/mol. The summed E-state index contributed by atoms with van der Waals surface area (Å²) in [6, 6.07) is 0. The third-order valence-electron chi connectivity index (χ3n) is 10.3. The molecule has 0 aromatic rings. The third-order valence-corrected chi connectivity index (χ3v) is 11.7. The van der Waals surface area contributed by atoms with E-state index in [1.807, 2.05) is 23.0 Å². The molecule has 0 aliphatic heterocycles. The van der Waals surface area contributed by atoms with Gasteiger partial charge >= 0.3 is 72.8 Å². The molecule has 55 heavy (non-hydrogen) atoms. The maximum atomic E-state index is 10.9. The molecule has 0 aromatic carbocycles. The molecule has 7 heteroatoms. The number of hydrogen-bond acceptors (Lipinski definition) is 6. The van der Waals surface area contributed by atoms with Crippen molar-refractivity contribution in [2.45, 2.75) is 243 Å². The minimum absolute atomic E-state index is 0.301. The first-order chi connectivity index (χ1) is 26.9. The molecule has 4 nitrogen and oxygen atoms in total. The van der Waals surface area contributed by atoms with Gasteiger partial charge in [-0.1, -0.05) is 141 Å². The fraction of sp³-hybridized carbons (Fsp3) is 0.875. The van der Waals surface area contributed by atoms with Gasteiger partial charge in [-0.15, -0.1) is 0 Å². The number of carboxylic acid groups (broad SMARTS) is 2. The molecule has 0 heterocycles. The van der Waals surface area contributed by atoms with E-state index in [0.717, 1.165) is 51.4 Å². The van der Waals surface area contributed by atoms with Gasteiger partial charge in [-0.05, 0) is 100 Å². The van der Waals surface area contributed by atoms with Crippen molar-refractivity contribution in [1.82, 2.24) is 0 Å². The van der Waals surface area contributed by atoms with Crippen LogP contribution in [-0.2, 0) is 9.59 Å². The van der Waals surface area contributed by atoms with Gasteiger partial charge in [0, 0.05) is 11.9 Å². The molecule has 0 aliphatic carbocycles. The zero-order chi connectivity index (χ0) is 41.3. The number of allylic oxidation sites excluding steroid dienone is 4. The number of carboxylic acids is 2. The molecular weight excluding hydrogens is 826 g/mol. The van der Waals surface area contributed by atoms with Crippen LogP contribution in [0.1, 0.15) is 239 Å². The van der Waals surface area contributed by atoms with Crippen LogP contribution in [0, 0.1) is 11.8 Å².